The van der Waals surface area contributed by atoms with E-state index in [1.54, 1.807) is 44.6 Å². The lowest BCUT2D eigenvalue weighted by Crippen LogP contribution is -2.38. The van der Waals surface area contributed by atoms with Crippen LogP contribution in [0.15, 0.2) is 77.3 Å². The van der Waals surface area contributed by atoms with E-state index in [1.165, 1.54) is 0 Å². The van der Waals surface area contributed by atoms with Gasteiger partial charge in [-0.15, -0.1) is 0 Å². The number of ether oxygens (including phenoxy) is 4. The number of unbranched alkanes of at least 4 members (excludes halogenated alkanes) is 3. The summed E-state index contributed by atoms with van der Waals surface area (Å²) >= 11 is 0. The number of amides is 1. The van der Waals surface area contributed by atoms with Crippen LogP contribution in [0.25, 0.3) is 22.6 Å². The van der Waals surface area contributed by atoms with Crippen LogP contribution in [0, 0.1) is 0 Å². The SMILES string of the molecule is COc1ccc2c(c1)C(=O)NC(c1ccc(OCCCCCCOc3cc(-c4cc(-c5cc(CO)c(CO)c(CO)c5)on4)ccc3OC)c(CO)c1)N2. The van der Waals surface area contributed by atoms with Crippen molar-refractivity contribution in [3.05, 3.63) is 106 Å². The number of hydrogen-bond donors (Lipinski definition) is 6. The van der Waals surface area contributed by atoms with Gasteiger partial charge in [0.1, 0.15) is 23.4 Å². The van der Waals surface area contributed by atoms with Crippen LogP contribution in [0.1, 0.15) is 70.0 Å². The fourth-order valence-corrected chi connectivity index (χ4v) is 6.42. The van der Waals surface area contributed by atoms with Crippen LogP contribution in [0.3, 0.4) is 0 Å². The first-order valence-electron chi connectivity index (χ1n) is 17.8. The van der Waals surface area contributed by atoms with E-state index < -0.39 is 6.17 Å². The van der Waals surface area contributed by atoms with Crippen LogP contribution in [-0.2, 0) is 26.4 Å². The molecular formula is C41H45N3O10. The molecule has 13 nitrogen and oxygen atoms in total. The number of aromatic nitrogens is 1. The van der Waals surface area contributed by atoms with Gasteiger partial charge in [-0.2, -0.15) is 0 Å². The molecule has 0 fully saturated rings. The summed E-state index contributed by atoms with van der Waals surface area (Å²) in [6, 6.07) is 21.5. The van der Waals surface area contributed by atoms with Crippen LogP contribution >= 0.6 is 0 Å². The van der Waals surface area contributed by atoms with Crippen LogP contribution in [0.2, 0.25) is 0 Å². The number of carbonyl (C=O) groups is 1. The number of nitrogens with zero attached hydrogens (tertiary/aromatic N) is 1. The zero-order valence-electron chi connectivity index (χ0n) is 30.3. The fraction of sp³-hybridized carbons (Fsp3) is 0.317. The van der Waals surface area contributed by atoms with Gasteiger partial charge in [-0.1, -0.05) is 11.2 Å². The molecule has 54 heavy (non-hydrogen) atoms. The topological polar surface area (TPSA) is 185 Å². The van der Waals surface area contributed by atoms with Crippen molar-refractivity contribution in [1.29, 1.82) is 0 Å². The molecule has 6 rings (SSSR count). The summed E-state index contributed by atoms with van der Waals surface area (Å²) in [5.74, 6) is 2.62. The van der Waals surface area contributed by atoms with E-state index >= 15 is 0 Å². The van der Waals surface area contributed by atoms with E-state index in [0.717, 1.165) is 36.8 Å². The van der Waals surface area contributed by atoms with Gasteiger partial charge in [-0.25, -0.2) is 0 Å². The average molecular weight is 740 g/mol. The number of rotatable bonds is 18. The van der Waals surface area contributed by atoms with Gasteiger partial charge in [0.25, 0.3) is 5.91 Å². The molecule has 0 bridgehead atoms. The molecule has 13 heteroatoms. The molecule has 1 aromatic heterocycles. The Balaban J connectivity index is 0.973. The number of anilines is 1. The summed E-state index contributed by atoms with van der Waals surface area (Å²) < 4.78 is 28.5. The normalized spacial score (nSPS) is 13.5. The number of aliphatic hydroxyl groups is 4. The van der Waals surface area contributed by atoms with Crippen molar-refractivity contribution in [3.8, 4) is 45.6 Å². The summed E-state index contributed by atoms with van der Waals surface area (Å²) in [7, 11) is 3.14. The second kappa shape index (κ2) is 18.0. The molecule has 0 spiro atoms. The number of carbonyl (C=O) groups excluding carboxylic acids is 1. The Morgan fingerprint density at radius 1 is 0.667 bits per heavy atom. The Bertz CT molecular complexity index is 2040. The smallest absolute Gasteiger partial charge is 0.255 e. The van der Waals surface area contributed by atoms with Gasteiger partial charge in [-0.05, 0) is 109 Å². The first kappa shape index (κ1) is 38.1. The molecule has 0 aliphatic carbocycles. The maximum absolute atomic E-state index is 12.8. The summed E-state index contributed by atoms with van der Waals surface area (Å²) in [6.07, 6.45) is 3.03. The lowest BCUT2D eigenvalue weighted by atomic mass is 9.97. The van der Waals surface area contributed by atoms with E-state index in [2.05, 4.69) is 15.8 Å². The maximum atomic E-state index is 12.8. The Hall–Kier alpha value is -5.60. The predicted molar refractivity (Wildman–Crippen MR) is 200 cm³/mol. The number of aliphatic hydroxyl groups excluding tert-OH is 4. The number of methoxy groups -OCH3 is 2. The molecule has 4 aromatic carbocycles. The molecule has 1 aliphatic heterocycles. The van der Waals surface area contributed by atoms with Gasteiger partial charge in [0.15, 0.2) is 17.3 Å². The van der Waals surface area contributed by atoms with E-state index in [0.29, 0.717) is 86.7 Å². The molecular weight excluding hydrogens is 694 g/mol. The molecule has 6 N–H and O–H groups in total. The molecule has 0 saturated heterocycles. The molecule has 2 heterocycles. The van der Waals surface area contributed by atoms with Crippen molar-refractivity contribution in [1.82, 2.24) is 10.5 Å². The Morgan fingerprint density at radius 2 is 1.37 bits per heavy atom. The Labute approximate surface area is 313 Å². The molecule has 5 aromatic rings. The predicted octanol–water partition coefficient (Wildman–Crippen LogP) is 5.87. The van der Waals surface area contributed by atoms with Crippen LogP contribution in [0.5, 0.6) is 23.0 Å². The van der Waals surface area contributed by atoms with Crippen LogP contribution < -0.4 is 29.6 Å². The van der Waals surface area contributed by atoms with E-state index in [4.69, 9.17) is 23.5 Å². The first-order chi connectivity index (χ1) is 26.4. The van der Waals surface area contributed by atoms with E-state index in [-0.39, 0.29) is 32.3 Å². The molecule has 0 saturated carbocycles. The van der Waals surface area contributed by atoms with Crippen molar-refractivity contribution in [2.75, 3.05) is 32.8 Å². The minimum absolute atomic E-state index is 0.201. The summed E-state index contributed by atoms with van der Waals surface area (Å²) in [6.45, 7) is -0.106. The standard InChI is InChI=1S/C41H45N3O10/c1-50-31-9-10-34-32(19-31)41(49)43-40(42-34)26-8-11-36(30(15-26)23-47)52-13-5-3-4-6-14-53-39-18-25(7-12-37(39)51-2)35-20-38(54-44-35)27-16-28(21-45)33(24-48)29(17-27)22-46/h7-12,15-20,40,42,45-48H,3-6,13-14,21-24H2,1-2H3,(H,43,49). The highest BCUT2D eigenvalue weighted by Crippen LogP contribution is 2.35. The van der Waals surface area contributed by atoms with Crippen molar-refractivity contribution >= 4 is 11.6 Å². The lowest BCUT2D eigenvalue weighted by molar-refractivity contribution is 0.0935. The zero-order chi connectivity index (χ0) is 38.0. The number of hydrogen-bond acceptors (Lipinski definition) is 12. The van der Waals surface area contributed by atoms with Gasteiger partial charge in [0.2, 0.25) is 0 Å². The third-order valence-corrected chi connectivity index (χ3v) is 9.38. The second-order valence-electron chi connectivity index (χ2n) is 12.8. The molecule has 1 atom stereocenters. The van der Waals surface area contributed by atoms with Gasteiger partial charge in [-0.3, -0.25) is 4.79 Å². The Morgan fingerprint density at radius 3 is 2.04 bits per heavy atom. The lowest BCUT2D eigenvalue weighted by Gasteiger charge is -2.29. The van der Waals surface area contributed by atoms with Crippen LogP contribution in [0.4, 0.5) is 5.69 Å². The van der Waals surface area contributed by atoms with Gasteiger partial charge in [0.05, 0.1) is 59.4 Å². The molecule has 1 unspecified atom stereocenters. The van der Waals surface area contributed by atoms with E-state index in [1.807, 2.05) is 42.5 Å². The highest BCUT2D eigenvalue weighted by Gasteiger charge is 2.26. The van der Waals surface area contributed by atoms with Crippen molar-refractivity contribution in [3.63, 3.8) is 0 Å². The maximum Gasteiger partial charge on any atom is 0.255 e. The molecule has 1 amide bonds. The average Bonchev–Trinajstić information content (AvgIpc) is 3.71. The molecule has 1 aliphatic rings. The van der Waals surface area contributed by atoms with E-state index in [9.17, 15) is 25.2 Å². The summed E-state index contributed by atoms with van der Waals surface area (Å²) in [5, 5.41) is 49.9. The number of benzene rings is 4. The number of fused-ring (bicyclic) bond motifs is 1. The minimum atomic E-state index is -0.456. The van der Waals surface area contributed by atoms with Gasteiger partial charge in [0, 0.05) is 28.4 Å². The van der Waals surface area contributed by atoms with Crippen molar-refractivity contribution < 1.29 is 48.7 Å². The highest BCUT2D eigenvalue weighted by molar-refractivity contribution is 6.02. The number of nitrogens with one attached hydrogen (secondary N) is 2. The largest absolute Gasteiger partial charge is 0.497 e. The van der Waals surface area contributed by atoms with Gasteiger partial charge < -0.3 is 54.5 Å². The summed E-state index contributed by atoms with van der Waals surface area (Å²) in [4.78, 5) is 12.8. The van der Waals surface area contributed by atoms with Crippen molar-refractivity contribution in [2.24, 2.45) is 0 Å². The van der Waals surface area contributed by atoms with Crippen LogP contribution in [-0.4, -0.2) is 58.9 Å². The fourth-order valence-electron chi connectivity index (χ4n) is 6.42. The summed E-state index contributed by atoms with van der Waals surface area (Å²) in [5.41, 5.74) is 6.11. The molecule has 284 valence electrons. The third kappa shape index (κ3) is 8.61. The highest BCUT2D eigenvalue weighted by atomic mass is 16.5. The molecule has 0 radical (unpaired) electrons. The Kier molecular flexibility index (Phi) is 12.7. The monoisotopic (exact) mass is 739 g/mol. The first-order valence-corrected chi connectivity index (χ1v) is 17.8. The minimum Gasteiger partial charge on any atom is -0.497 e. The van der Waals surface area contributed by atoms with Crippen molar-refractivity contribution in [2.45, 2.75) is 58.3 Å². The quantitative estimate of drug-likeness (QED) is 0.0589. The zero-order valence-corrected chi connectivity index (χ0v) is 30.3. The second-order valence-corrected chi connectivity index (χ2v) is 12.8. The third-order valence-electron chi connectivity index (χ3n) is 9.38. The van der Waals surface area contributed by atoms with Gasteiger partial charge >= 0.3 is 0 Å².